The van der Waals surface area contributed by atoms with Crippen molar-refractivity contribution in [2.45, 2.75) is 12.6 Å². The fourth-order valence-corrected chi connectivity index (χ4v) is 3.32. The fourth-order valence-electron chi connectivity index (χ4n) is 3.32. The molecule has 0 fully saturated rings. The number of benzene rings is 3. The Kier molecular flexibility index (Phi) is 3.19. The van der Waals surface area contributed by atoms with Gasteiger partial charge in [0.15, 0.2) is 0 Å². The van der Waals surface area contributed by atoms with E-state index in [-0.39, 0.29) is 11.8 Å². The lowest BCUT2D eigenvalue weighted by Gasteiger charge is -2.28. The Balaban J connectivity index is 1.84. The lowest BCUT2D eigenvalue weighted by Crippen LogP contribution is -2.22. The highest BCUT2D eigenvalue weighted by atomic mass is 16.3. The van der Waals surface area contributed by atoms with Crippen molar-refractivity contribution in [3.8, 4) is 11.5 Å². The Morgan fingerprint density at radius 3 is 2.22 bits per heavy atom. The molecule has 0 aromatic heterocycles. The van der Waals surface area contributed by atoms with Gasteiger partial charge in [-0.3, -0.25) is 0 Å². The molecule has 114 valence electrons. The summed E-state index contributed by atoms with van der Waals surface area (Å²) in [4.78, 5) is 2.29. The summed E-state index contributed by atoms with van der Waals surface area (Å²) >= 11 is 0. The lowest BCUT2D eigenvalue weighted by molar-refractivity contribution is 0.474. The van der Waals surface area contributed by atoms with Crippen molar-refractivity contribution in [3.05, 3.63) is 89.5 Å². The molecular weight excluding hydrogens is 286 g/mol. The molecule has 0 bridgehead atoms. The first-order valence-corrected chi connectivity index (χ1v) is 7.65. The molecule has 4 rings (SSSR count). The molecule has 0 saturated heterocycles. The maximum absolute atomic E-state index is 9.79. The van der Waals surface area contributed by atoms with Gasteiger partial charge in [0, 0.05) is 12.2 Å². The summed E-state index contributed by atoms with van der Waals surface area (Å²) in [5, 5.41) is 19.3. The number of nitrogens with zero attached hydrogens (tertiary/aromatic N) is 1. The summed E-state index contributed by atoms with van der Waals surface area (Å²) in [6.07, 6.45) is 0. The van der Waals surface area contributed by atoms with Gasteiger partial charge in [0.25, 0.3) is 0 Å². The molecule has 1 aliphatic heterocycles. The van der Waals surface area contributed by atoms with Crippen LogP contribution in [0.15, 0.2) is 72.8 Å². The first-order chi connectivity index (χ1) is 11.2. The van der Waals surface area contributed by atoms with Crippen molar-refractivity contribution in [1.82, 2.24) is 0 Å². The highest BCUT2D eigenvalue weighted by Crippen LogP contribution is 2.42. The van der Waals surface area contributed by atoms with Crippen LogP contribution in [-0.2, 0) is 6.54 Å². The van der Waals surface area contributed by atoms with Gasteiger partial charge in [-0.25, -0.2) is 0 Å². The summed E-state index contributed by atoms with van der Waals surface area (Å²) < 4.78 is 0. The van der Waals surface area contributed by atoms with E-state index in [0.29, 0.717) is 5.75 Å². The van der Waals surface area contributed by atoms with E-state index in [1.54, 1.807) is 18.2 Å². The third-order valence-corrected chi connectivity index (χ3v) is 4.37. The molecule has 3 aromatic carbocycles. The standard InChI is InChI=1S/C20H17NO2/c22-17-8-6-16(7-9-17)21-13-15-12-18(23)10-11-19(15)20(21)14-4-2-1-3-5-14/h1-12,20,22-23H,13H2. The second-order valence-electron chi connectivity index (χ2n) is 5.84. The van der Waals surface area contributed by atoms with Crippen LogP contribution in [0.4, 0.5) is 5.69 Å². The lowest BCUT2D eigenvalue weighted by atomic mass is 9.97. The minimum Gasteiger partial charge on any atom is -0.508 e. The molecule has 3 nitrogen and oxygen atoms in total. The first-order valence-electron chi connectivity index (χ1n) is 7.65. The molecule has 1 heterocycles. The topological polar surface area (TPSA) is 43.7 Å². The fraction of sp³-hybridized carbons (Fsp3) is 0.100. The summed E-state index contributed by atoms with van der Waals surface area (Å²) in [6.45, 7) is 0.730. The van der Waals surface area contributed by atoms with Gasteiger partial charge in [0.1, 0.15) is 11.5 Å². The molecule has 2 N–H and O–H groups in total. The van der Waals surface area contributed by atoms with Gasteiger partial charge in [-0.15, -0.1) is 0 Å². The van der Waals surface area contributed by atoms with Crippen LogP contribution in [0.25, 0.3) is 0 Å². The van der Waals surface area contributed by atoms with Crippen LogP contribution in [0.1, 0.15) is 22.7 Å². The average Bonchev–Trinajstić information content (AvgIpc) is 2.94. The number of rotatable bonds is 2. The monoisotopic (exact) mass is 303 g/mol. The number of aromatic hydroxyl groups is 2. The van der Waals surface area contributed by atoms with Crippen LogP contribution in [0.3, 0.4) is 0 Å². The predicted molar refractivity (Wildman–Crippen MR) is 90.7 cm³/mol. The third kappa shape index (κ3) is 2.40. The highest BCUT2D eigenvalue weighted by molar-refractivity contribution is 5.60. The average molecular weight is 303 g/mol. The van der Waals surface area contributed by atoms with Crippen LogP contribution in [0, 0.1) is 0 Å². The second-order valence-corrected chi connectivity index (χ2v) is 5.84. The highest BCUT2D eigenvalue weighted by Gasteiger charge is 2.31. The van der Waals surface area contributed by atoms with E-state index >= 15 is 0 Å². The first kappa shape index (κ1) is 13.7. The van der Waals surface area contributed by atoms with Gasteiger partial charge >= 0.3 is 0 Å². The molecule has 0 saturated carbocycles. The number of anilines is 1. The van der Waals surface area contributed by atoms with Crippen LogP contribution in [-0.4, -0.2) is 10.2 Å². The molecule has 1 aliphatic rings. The summed E-state index contributed by atoms with van der Waals surface area (Å²) in [7, 11) is 0. The van der Waals surface area contributed by atoms with Crippen LogP contribution in [0.2, 0.25) is 0 Å². The van der Waals surface area contributed by atoms with E-state index in [0.717, 1.165) is 17.8 Å². The Bertz CT molecular complexity index is 828. The SMILES string of the molecule is Oc1ccc(N2Cc3cc(O)ccc3C2c2ccccc2)cc1. The summed E-state index contributed by atoms with van der Waals surface area (Å²) in [5.41, 5.74) is 4.60. The maximum Gasteiger partial charge on any atom is 0.115 e. The number of phenolic OH excluding ortho intramolecular Hbond substituents is 2. The van der Waals surface area contributed by atoms with E-state index in [1.807, 2.05) is 42.5 Å². The Morgan fingerprint density at radius 2 is 1.48 bits per heavy atom. The van der Waals surface area contributed by atoms with E-state index in [4.69, 9.17) is 0 Å². The molecule has 0 amide bonds. The molecule has 0 radical (unpaired) electrons. The predicted octanol–water partition coefficient (Wildman–Crippen LogP) is 4.21. The summed E-state index contributed by atoms with van der Waals surface area (Å²) in [6, 6.07) is 23.3. The number of hydrogen-bond donors (Lipinski definition) is 2. The zero-order valence-corrected chi connectivity index (χ0v) is 12.6. The van der Waals surface area contributed by atoms with Gasteiger partial charge in [-0.2, -0.15) is 0 Å². The van der Waals surface area contributed by atoms with Crippen LogP contribution < -0.4 is 4.90 Å². The molecule has 0 aliphatic carbocycles. The van der Waals surface area contributed by atoms with E-state index in [1.165, 1.54) is 11.1 Å². The second kappa shape index (κ2) is 5.36. The molecule has 23 heavy (non-hydrogen) atoms. The van der Waals surface area contributed by atoms with E-state index < -0.39 is 0 Å². The van der Waals surface area contributed by atoms with Crippen molar-refractivity contribution < 1.29 is 10.2 Å². The Hall–Kier alpha value is -2.94. The minimum absolute atomic E-state index is 0.108. The largest absolute Gasteiger partial charge is 0.508 e. The zero-order valence-electron chi connectivity index (χ0n) is 12.6. The van der Waals surface area contributed by atoms with Crippen molar-refractivity contribution in [1.29, 1.82) is 0 Å². The quantitative estimate of drug-likeness (QED) is 0.745. The van der Waals surface area contributed by atoms with E-state index in [9.17, 15) is 10.2 Å². The Morgan fingerprint density at radius 1 is 0.783 bits per heavy atom. The van der Waals surface area contributed by atoms with Gasteiger partial charge in [0.2, 0.25) is 0 Å². The molecule has 0 spiro atoms. The molecule has 3 heteroatoms. The molecular formula is C20H17NO2. The van der Waals surface area contributed by atoms with Crippen molar-refractivity contribution in [3.63, 3.8) is 0 Å². The molecule has 1 unspecified atom stereocenters. The number of fused-ring (bicyclic) bond motifs is 1. The molecule has 1 atom stereocenters. The maximum atomic E-state index is 9.79. The van der Waals surface area contributed by atoms with Gasteiger partial charge in [-0.1, -0.05) is 36.4 Å². The van der Waals surface area contributed by atoms with Gasteiger partial charge < -0.3 is 15.1 Å². The summed E-state index contributed by atoms with van der Waals surface area (Å²) in [5.74, 6) is 0.558. The zero-order chi connectivity index (χ0) is 15.8. The van der Waals surface area contributed by atoms with Gasteiger partial charge in [0.05, 0.1) is 6.04 Å². The van der Waals surface area contributed by atoms with Crippen LogP contribution in [0.5, 0.6) is 11.5 Å². The van der Waals surface area contributed by atoms with Crippen molar-refractivity contribution >= 4 is 5.69 Å². The van der Waals surface area contributed by atoms with Crippen LogP contribution >= 0.6 is 0 Å². The Labute approximate surface area is 135 Å². The van der Waals surface area contributed by atoms with E-state index in [2.05, 4.69) is 17.0 Å². The van der Waals surface area contributed by atoms with Crippen molar-refractivity contribution in [2.75, 3.05) is 4.90 Å². The van der Waals surface area contributed by atoms with Crippen molar-refractivity contribution in [2.24, 2.45) is 0 Å². The third-order valence-electron chi connectivity index (χ3n) is 4.37. The number of phenols is 2. The smallest absolute Gasteiger partial charge is 0.115 e. The normalized spacial score (nSPS) is 16.3. The van der Waals surface area contributed by atoms with Gasteiger partial charge in [-0.05, 0) is 53.1 Å². The minimum atomic E-state index is 0.108. The molecule has 3 aromatic rings. The number of hydrogen-bond acceptors (Lipinski definition) is 3.